The smallest absolute Gasteiger partial charge is 0.321 e. The van der Waals surface area contributed by atoms with Crippen LogP contribution in [0.25, 0.3) is 0 Å². The van der Waals surface area contributed by atoms with Crippen LogP contribution in [0.3, 0.4) is 0 Å². The van der Waals surface area contributed by atoms with Gasteiger partial charge in [-0.05, 0) is 87.7 Å². The van der Waals surface area contributed by atoms with Crippen LogP contribution in [0.15, 0.2) is 77.7 Å². The summed E-state index contributed by atoms with van der Waals surface area (Å²) >= 11 is 5.95. The minimum Gasteiger partial charge on any atom is -0.490 e. The molecule has 0 unspecified atom stereocenters. The first-order valence-electron chi connectivity index (χ1n) is 16.1. The van der Waals surface area contributed by atoms with E-state index in [1.807, 2.05) is 44.2 Å². The first-order chi connectivity index (χ1) is 22.9. The number of hydrogen-bond acceptors (Lipinski definition) is 7. The van der Waals surface area contributed by atoms with E-state index in [0.29, 0.717) is 29.5 Å². The minimum atomic E-state index is -3.99. The normalized spacial score (nSPS) is 20.1. The maximum Gasteiger partial charge on any atom is 0.321 e. The zero-order chi connectivity index (χ0) is 34.8. The zero-order valence-electron chi connectivity index (χ0n) is 27.8. The number of nitrogens with one attached hydrogen (secondary N) is 2. The van der Waals surface area contributed by atoms with Gasteiger partial charge in [0.15, 0.2) is 0 Å². The molecule has 3 aromatic carbocycles. The Labute approximate surface area is 288 Å². The maximum absolute atomic E-state index is 14.4. The second-order valence-corrected chi connectivity index (χ2v) is 14.4. The highest BCUT2D eigenvalue weighted by atomic mass is 35.5. The predicted octanol–water partition coefficient (Wildman–Crippen LogP) is 6.10. The number of sulfonamides is 1. The molecule has 3 amide bonds. The summed E-state index contributed by atoms with van der Waals surface area (Å²) in [5.41, 5.74) is 0.999. The number of anilines is 2. The van der Waals surface area contributed by atoms with Gasteiger partial charge < -0.3 is 29.7 Å². The fourth-order valence-corrected chi connectivity index (χ4v) is 6.55. The van der Waals surface area contributed by atoms with Crippen LogP contribution >= 0.6 is 11.6 Å². The monoisotopic (exact) mass is 700 g/mol. The van der Waals surface area contributed by atoms with E-state index in [1.54, 1.807) is 35.9 Å². The number of fused-ring (bicyclic) bond motifs is 1. The first kappa shape index (κ1) is 37.0. The molecule has 13 heteroatoms. The number of carbonyl (C=O) groups excluding carboxylic acids is 2. The lowest BCUT2D eigenvalue weighted by atomic mass is 10.0. The Hall–Kier alpha value is -3.84. The Kier molecular flexibility index (Phi) is 13.1. The van der Waals surface area contributed by atoms with Crippen LogP contribution in [0.1, 0.15) is 50.4 Å². The summed E-state index contributed by atoms with van der Waals surface area (Å²) in [7, 11) is -2.30. The predicted molar refractivity (Wildman–Crippen MR) is 187 cm³/mol. The largest absolute Gasteiger partial charge is 0.490 e. The summed E-state index contributed by atoms with van der Waals surface area (Å²) < 4.78 is 41.5. The average Bonchev–Trinajstić information content (AvgIpc) is 3.06. The van der Waals surface area contributed by atoms with Crippen LogP contribution in [0.5, 0.6) is 5.75 Å². The fraction of sp³-hybridized carbons (Fsp3) is 0.429. The molecule has 260 valence electrons. The third-order valence-electron chi connectivity index (χ3n) is 8.25. The van der Waals surface area contributed by atoms with Crippen LogP contribution in [0, 0.1) is 5.92 Å². The minimum absolute atomic E-state index is 0.0148. The van der Waals surface area contributed by atoms with Crippen molar-refractivity contribution in [2.75, 3.05) is 43.4 Å². The molecular weight excluding hydrogens is 656 g/mol. The molecule has 0 bridgehead atoms. The number of para-hydroxylation sites is 1. The van der Waals surface area contributed by atoms with Gasteiger partial charge in [0, 0.05) is 49.1 Å². The van der Waals surface area contributed by atoms with Gasteiger partial charge in [-0.3, -0.25) is 9.52 Å². The fourth-order valence-electron chi connectivity index (χ4n) is 5.37. The molecule has 4 atom stereocenters. The van der Waals surface area contributed by atoms with E-state index in [9.17, 15) is 23.1 Å². The zero-order valence-corrected chi connectivity index (χ0v) is 29.3. The number of amides is 3. The number of halogens is 1. The van der Waals surface area contributed by atoms with E-state index in [0.717, 1.165) is 12.8 Å². The SMILES string of the molecule is C[C@@H]1CCCCO[C@H](CN(C)C(=O)Nc2ccccc2)[C@H](C)CN([C@H](C)CO)C(=O)c2cc(NS(=O)(=O)c3ccc(Cl)cc3)ccc2O1. The lowest BCUT2D eigenvalue weighted by Crippen LogP contribution is -2.48. The van der Waals surface area contributed by atoms with E-state index in [1.165, 1.54) is 30.3 Å². The van der Waals surface area contributed by atoms with Gasteiger partial charge in [0.1, 0.15) is 5.75 Å². The molecule has 0 fully saturated rings. The highest BCUT2D eigenvalue weighted by Gasteiger charge is 2.31. The summed E-state index contributed by atoms with van der Waals surface area (Å²) in [4.78, 5) is 30.5. The first-order valence-corrected chi connectivity index (χ1v) is 17.9. The molecule has 1 aliphatic rings. The summed E-state index contributed by atoms with van der Waals surface area (Å²) in [6.07, 6.45) is 1.60. The second-order valence-electron chi connectivity index (χ2n) is 12.2. The van der Waals surface area contributed by atoms with E-state index in [4.69, 9.17) is 21.1 Å². The molecule has 1 aliphatic heterocycles. The van der Waals surface area contributed by atoms with Crippen molar-refractivity contribution in [1.82, 2.24) is 9.80 Å². The second kappa shape index (κ2) is 17.0. The van der Waals surface area contributed by atoms with Gasteiger partial charge in [0.05, 0.1) is 35.3 Å². The van der Waals surface area contributed by atoms with E-state index < -0.39 is 28.1 Å². The Morgan fingerprint density at radius 1 is 1.06 bits per heavy atom. The Balaban J connectivity index is 1.63. The molecule has 0 radical (unpaired) electrons. The molecule has 3 aromatic rings. The average molecular weight is 701 g/mol. The van der Waals surface area contributed by atoms with Gasteiger partial charge in [-0.1, -0.05) is 36.7 Å². The summed E-state index contributed by atoms with van der Waals surface area (Å²) in [5, 5.41) is 13.5. The van der Waals surface area contributed by atoms with Crippen LogP contribution in [0.4, 0.5) is 16.2 Å². The number of hydrogen-bond donors (Lipinski definition) is 3. The molecular formula is C35H45ClN4O7S. The molecule has 0 saturated carbocycles. The van der Waals surface area contributed by atoms with E-state index >= 15 is 0 Å². The molecule has 11 nitrogen and oxygen atoms in total. The number of likely N-dealkylation sites (N-methyl/N-ethyl adjacent to an activating group) is 1. The summed E-state index contributed by atoms with van der Waals surface area (Å²) in [6.45, 7) is 6.21. The van der Waals surface area contributed by atoms with Gasteiger partial charge in [-0.15, -0.1) is 0 Å². The number of aliphatic hydroxyl groups is 1. The number of rotatable bonds is 8. The Morgan fingerprint density at radius 2 is 1.77 bits per heavy atom. The maximum atomic E-state index is 14.4. The van der Waals surface area contributed by atoms with Gasteiger partial charge >= 0.3 is 6.03 Å². The molecule has 1 heterocycles. The van der Waals surface area contributed by atoms with Crippen molar-refractivity contribution >= 4 is 44.9 Å². The standard InChI is InChI=1S/C35H45ClN4O7S/c1-24-21-40(25(2)23-41)34(42)31-20-29(38-48(44,45)30-16-13-27(36)14-17-30)15-18-32(31)47-26(3)10-8-9-19-46-33(24)22-39(4)35(43)37-28-11-6-5-7-12-28/h5-7,11-18,20,24-26,33,38,41H,8-10,19,21-23H2,1-4H3,(H,37,43)/t24-,25-,26-,33-/m1/s1. The highest BCUT2D eigenvalue weighted by Crippen LogP contribution is 2.30. The van der Waals surface area contributed by atoms with Gasteiger partial charge in [-0.2, -0.15) is 0 Å². The third-order valence-corrected chi connectivity index (χ3v) is 9.90. The molecule has 48 heavy (non-hydrogen) atoms. The van der Waals surface area contributed by atoms with Crippen molar-refractivity contribution in [3.63, 3.8) is 0 Å². The number of ether oxygens (including phenoxy) is 2. The lowest BCUT2D eigenvalue weighted by molar-refractivity contribution is -0.0115. The van der Waals surface area contributed by atoms with Crippen molar-refractivity contribution in [3.05, 3.63) is 83.4 Å². The summed E-state index contributed by atoms with van der Waals surface area (Å²) in [6, 6.07) is 18.7. The highest BCUT2D eigenvalue weighted by molar-refractivity contribution is 7.92. The number of nitrogens with zero attached hydrogens (tertiary/aromatic N) is 2. The number of aliphatic hydroxyl groups excluding tert-OH is 1. The molecule has 0 saturated heterocycles. The van der Waals surface area contributed by atoms with E-state index in [2.05, 4.69) is 10.0 Å². The molecule has 3 N–H and O–H groups in total. The van der Waals surface area contributed by atoms with E-state index in [-0.39, 0.29) is 53.9 Å². The summed E-state index contributed by atoms with van der Waals surface area (Å²) in [5.74, 6) is -0.385. The van der Waals surface area contributed by atoms with Crippen molar-refractivity contribution in [1.29, 1.82) is 0 Å². The number of carbonyl (C=O) groups is 2. The van der Waals surface area contributed by atoms with Crippen molar-refractivity contribution in [2.24, 2.45) is 5.92 Å². The van der Waals surface area contributed by atoms with Gasteiger partial charge in [-0.25, -0.2) is 13.2 Å². The van der Waals surface area contributed by atoms with Crippen molar-refractivity contribution < 1.29 is 32.6 Å². The van der Waals surface area contributed by atoms with Crippen LogP contribution < -0.4 is 14.8 Å². The third kappa shape index (κ3) is 10.1. The van der Waals surface area contributed by atoms with Crippen LogP contribution in [-0.4, -0.2) is 86.9 Å². The van der Waals surface area contributed by atoms with Crippen LogP contribution in [0.2, 0.25) is 5.02 Å². The number of urea groups is 1. The molecule has 4 rings (SSSR count). The van der Waals surface area contributed by atoms with Gasteiger partial charge in [0.25, 0.3) is 15.9 Å². The molecule has 0 spiro atoms. The lowest BCUT2D eigenvalue weighted by Gasteiger charge is -2.35. The Morgan fingerprint density at radius 3 is 2.46 bits per heavy atom. The number of benzene rings is 3. The quantitative estimate of drug-likeness (QED) is 0.258. The van der Waals surface area contributed by atoms with Crippen molar-refractivity contribution in [2.45, 2.75) is 63.2 Å². The van der Waals surface area contributed by atoms with Crippen molar-refractivity contribution in [3.8, 4) is 5.75 Å². The molecule has 0 aromatic heterocycles. The Bertz CT molecular complexity index is 1630. The molecule has 0 aliphatic carbocycles. The topological polar surface area (TPSA) is 138 Å². The van der Waals surface area contributed by atoms with Gasteiger partial charge in [0.2, 0.25) is 0 Å². The van der Waals surface area contributed by atoms with Crippen LogP contribution in [-0.2, 0) is 14.8 Å².